The number of carboxylic acids is 1. The molecule has 0 fully saturated rings. The number of aliphatic hydroxyl groups is 1. The van der Waals surface area contributed by atoms with Crippen LogP contribution < -0.4 is 0 Å². The number of aliphatic carboxylic acids is 1. The van der Waals surface area contributed by atoms with Crippen LogP contribution in [0.5, 0.6) is 0 Å². The fourth-order valence-corrected chi connectivity index (χ4v) is 1.66. The molecule has 0 spiro atoms. The van der Waals surface area contributed by atoms with Crippen LogP contribution in [0.2, 0.25) is 0 Å². The first-order valence-electron chi connectivity index (χ1n) is 3.57. The Morgan fingerprint density at radius 2 is 2.33 bits per heavy atom. The van der Waals surface area contributed by atoms with E-state index in [-0.39, 0.29) is 0 Å². The Labute approximate surface area is 74.3 Å². The van der Waals surface area contributed by atoms with Gasteiger partial charge >= 0.3 is 5.97 Å². The second-order valence-electron chi connectivity index (χ2n) is 2.59. The molecule has 0 saturated carbocycles. The molecule has 12 heavy (non-hydrogen) atoms. The Kier molecular flexibility index (Phi) is 2.83. The number of hydrogen-bond donors (Lipinski definition) is 2. The molecular formula is C8H10O3S. The molecule has 0 bridgehead atoms. The van der Waals surface area contributed by atoms with Crippen LogP contribution in [0.4, 0.5) is 0 Å². The van der Waals surface area contributed by atoms with Crippen molar-refractivity contribution in [1.29, 1.82) is 0 Å². The average Bonchev–Trinajstić information content (AvgIpc) is 2.53. The molecule has 0 aromatic carbocycles. The third-order valence-corrected chi connectivity index (χ3v) is 2.64. The van der Waals surface area contributed by atoms with Crippen LogP contribution in [0.3, 0.4) is 0 Å². The van der Waals surface area contributed by atoms with Gasteiger partial charge in [-0.3, -0.25) is 4.79 Å². The number of rotatable bonds is 3. The highest BCUT2D eigenvalue weighted by molar-refractivity contribution is 7.10. The molecule has 2 N–H and O–H groups in total. The minimum Gasteiger partial charge on any atom is -0.481 e. The summed E-state index contributed by atoms with van der Waals surface area (Å²) in [6, 6.07) is 3.52. The molecule has 0 aliphatic heterocycles. The van der Waals surface area contributed by atoms with E-state index in [0.29, 0.717) is 4.88 Å². The topological polar surface area (TPSA) is 57.5 Å². The van der Waals surface area contributed by atoms with Crippen molar-refractivity contribution >= 4 is 17.3 Å². The van der Waals surface area contributed by atoms with Crippen LogP contribution in [0, 0.1) is 5.92 Å². The van der Waals surface area contributed by atoms with E-state index in [4.69, 9.17) is 5.11 Å². The molecule has 1 aromatic rings. The normalized spacial score (nSPS) is 15.5. The van der Waals surface area contributed by atoms with Crippen molar-refractivity contribution in [2.24, 2.45) is 5.92 Å². The second kappa shape index (κ2) is 3.69. The second-order valence-corrected chi connectivity index (χ2v) is 3.57. The first-order valence-corrected chi connectivity index (χ1v) is 4.45. The lowest BCUT2D eigenvalue weighted by molar-refractivity contribution is -0.144. The lowest BCUT2D eigenvalue weighted by Gasteiger charge is -2.12. The number of hydrogen-bond acceptors (Lipinski definition) is 3. The van der Waals surface area contributed by atoms with Gasteiger partial charge in [0.05, 0.1) is 5.92 Å². The highest BCUT2D eigenvalue weighted by Crippen LogP contribution is 2.25. The standard InChI is InChI=1S/C8H10O3S/c1-5(8(10)11)7(9)6-3-2-4-12-6/h2-5,7,9H,1H3,(H,10,11)/t5-,7-/m0/s1. The zero-order valence-electron chi connectivity index (χ0n) is 6.60. The van der Waals surface area contributed by atoms with E-state index >= 15 is 0 Å². The lowest BCUT2D eigenvalue weighted by atomic mass is 10.0. The summed E-state index contributed by atoms with van der Waals surface area (Å²) in [5.41, 5.74) is 0. The van der Waals surface area contributed by atoms with Crippen LogP contribution in [0.1, 0.15) is 17.9 Å². The largest absolute Gasteiger partial charge is 0.481 e. The van der Waals surface area contributed by atoms with Crippen molar-refractivity contribution in [1.82, 2.24) is 0 Å². The Morgan fingerprint density at radius 1 is 1.67 bits per heavy atom. The maximum absolute atomic E-state index is 10.5. The van der Waals surface area contributed by atoms with Gasteiger partial charge in [0.15, 0.2) is 0 Å². The number of aliphatic hydroxyl groups excluding tert-OH is 1. The maximum Gasteiger partial charge on any atom is 0.309 e. The molecule has 0 amide bonds. The lowest BCUT2D eigenvalue weighted by Crippen LogP contribution is -2.17. The first-order chi connectivity index (χ1) is 5.63. The molecular weight excluding hydrogens is 176 g/mol. The van der Waals surface area contributed by atoms with Crippen LogP contribution in [-0.2, 0) is 4.79 Å². The van der Waals surface area contributed by atoms with Crippen LogP contribution >= 0.6 is 11.3 Å². The molecule has 66 valence electrons. The van der Waals surface area contributed by atoms with Crippen molar-refractivity contribution in [2.45, 2.75) is 13.0 Å². The van der Waals surface area contributed by atoms with Gasteiger partial charge in [-0.05, 0) is 18.4 Å². The van der Waals surface area contributed by atoms with Gasteiger partial charge in [-0.15, -0.1) is 11.3 Å². The molecule has 4 heteroatoms. The van der Waals surface area contributed by atoms with Crippen LogP contribution in [-0.4, -0.2) is 16.2 Å². The summed E-state index contributed by atoms with van der Waals surface area (Å²) in [6.45, 7) is 1.49. The Bertz CT molecular complexity index is 255. The van der Waals surface area contributed by atoms with E-state index in [9.17, 15) is 9.90 Å². The van der Waals surface area contributed by atoms with Crippen molar-refractivity contribution in [3.05, 3.63) is 22.4 Å². The van der Waals surface area contributed by atoms with Crippen molar-refractivity contribution < 1.29 is 15.0 Å². The van der Waals surface area contributed by atoms with Gasteiger partial charge < -0.3 is 10.2 Å². The van der Waals surface area contributed by atoms with E-state index in [2.05, 4.69) is 0 Å². The van der Waals surface area contributed by atoms with Gasteiger partial charge in [-0.1, -0.05) is 6.07 Å². The van der Waals surface area contributed by atoms with Crippen molar-refractivity contribution in [3.8, 4) is 0 Å². The van der Waals surface area contributed by atoms with Gasteiger partial charge in [0.25, 0.3) is 0 Å². The molecule has 1 rings (SSSR count). The smallest absolute Gasteiger partial charge is 0.309 e. The minimum absolute atomic E-state index is 0.699. The molecule has 2 atom stereocenters. The summed E-state index contributed by atoms with van der Waals surface area (Å²) < 4.78 is 0. The summed E-state index contributed by atoms with van der Waals surface area (Å²) in [5, 5.41) is 19.9. The number of carbonyl (C=O) groups is 1. The number of thiophene rings is 1. The van der Waals surface area contributed by atoms with Crippen molar-refractivity contribution in [2.75, 3.05) is 0 Å². The van der Waals surface area contributed by atoms with E-state index in [1.54, 1.807) is 12.1 Å². The van der Waals surface area contributed by atoms with Gasteiger partial charge in [-0.2, -0.15) is 0 Å². The summed E-state index contributed by atoms with van der Waals surface area (Å²) in [4.78, 5) is 11.2. The van der Waals surface area contributed by atoms with Gasteiger partial charge in [0.2, 0.25) is 0 Å². The minimum atomic E-state index is -0.976. The molecule has 0 aliphatic rings. The van der Waals surface area contributed by atoms with E-state index in [0.717, 1.165) is 0 Å². The van der Waals surface area contributed by atoms with Crippen LogP contribution in [0.15, 0.2) is 17.5 Å². The predicted octanol–water partition coefficient (Wildman–Crippen LogP) is 1.50. The average molecular weight is 186 g/mol. The Balaban J connectivity index is 2.71. The molecule has 0 unspecified atom stereocenters. The molecule has 1 heterocycles. The molecule has 0 saturated heterocycles. The predicted molar refractivity (Wildman–Crippen MR) is 46.1 cm³/mol. The zero-order valence-corrected chi connectivity index (χ0v) is 7.41. The first kappa shape index (κ1) is 9.22. The SMILES string of the molecule is C[C@H](C(=O)O)[C@H](O)c1cccs1. The van der Waals surface area contributed by atoms with Gasteiger partial charge in [-0.25, -0.2) is 0 Å². The maximum atomic E-state index is 10.5. The molecule has 0 radical (unpaired) electrons. The third-order valence-electron chi connectivity index (χ3n) is 1.70. The molecule has 1 aromatic heterocycles. The third kappa shape index (κ3) is 1.84. The summed E-state index contributed by atoms with van der Waals surface area (Å²) in [5.74, 6) is -1.72. The van der Waals surface area contributed by atoms with Gasteiger partial charge in [0, 0.05) is 4.88 Å². The summed E-state index contributed by atoms with van der Waals surface area (Å²) in [7, 11) is 0. The Hall–Kier alpha value is -0.870. The van der Waals surface area contributed by atoms with Crippen molar-refractivity contribution in [3.63, 3.8) is 0 Å². The molecule has 3 nitrogen and oxygen atoms in total. The summed E-state index contributed by atoms with van der Waals surface area (Å²) in [6.07, 6.45) is -0.887. The highest BCUT2D eigenvalue weighted by Gasteiger charge is 2.23. The van der Waals surface area contributed by atoms with E-state index < -0.39 is 18.0 Å². The van der Waals surface area contributed by atoms with E-state index in [1.807, 2.05) is 5.38 Å². The quantitative estimate of drug-likeness (QED) is 0.752. The fourth-order valence-electron chi connectivity index (χ4n) is 0.841. The highest BCUT2D eigenvalue weighted by atomic mass is 32.1. The fraction of sp³-hybridized carbons (Fsp3) is 0.375. The van der Waals surface area contributed by atoms with Crippen LogP contribution in [0.25, 0.3) is 0 Å². The Morgan fingerprint density at radius 3 is 2.75 bits per heavy atom. The van der Waals surface area contributed by atoms with Gasteiger partial charge in [0.1, 0.15) is 6.10 Å². The molecule has 0 aliphatic carbocycles. The summed E-state index contributed by atoms with van der Waals surface area (Å²) >= 11 is 1.36. The van der Waals surface area contributed by atoms with E-state index in [1.165, 1.54) is 18.3 Å². The zero-order chi connectivity index (χ0) is 9.14. The number of carboxylic acid groups (broad SMARTS) is 1. The monoisotopic (exact) mass is 186 g/mol.